The van der Waals surface area contributed by atoms with Crippen molar-refractivity contribution >= 4 is 35.1 Å². The predicted molar refractivity (Wildman–Crippen MR) is 237 cm³/mol. The highest BCUT2D eigenvalue weighted by Gasteiger charge is 2.47. The molecule has 67 heavy (non-hydrogen) atoms. The van der Waals surface area contributed by atoms with Gasteiger partial charge in [-0.15, -0.1) is 0 Å². The number of fused-ring (bicyclic) bond motifs is 3. The zero-order chi connectivity index (χ0) is 47.8. The van der Waals surface area contributed by atoms with E-state index in [-0.39, 0.29) is 34.0 Å². The van der Waals surface area contributed by atoms with E-state index in [4.69, 9.17) is 9.47 Å². The Morgan fingerprint density at radius 2 is 0.836 bits per heavy atom. The number of carbonyl (C=O) groups is 2. The van der Waals surface area contributed by atoms with Crippen molar-refractivity contribution < 1.29 is 55.3 Å². The second-order valence-corrected chi connectivity index (χ2v) is 14.5. The monoisotopic (exact) mass is 912 g/mol. The molecule has 0 N–H and O–H groups in total. The van der Waals surface area contributed by atoms with Crippen LogP contribution in [0.2, 0.25) is 0 Å². The molecule has 6 aromatic carbocycles. The molecule has 1 aliphatic carbocycles. The summed E-state index contributed by atoms with van der Waals surface area (Å²) >= 11 is 0. The van der Waals surface area contributed by atoms with Gasteiger partial charge in [-0.1, -0.05) is 85.0 Å². The molecule has 0 spiro atoms. The van der Waals surface area contributed by atoms with Crippen LogP contribution in [0.25, 0.3) is 23.3 Å². The molecule has 10 nitrogen and oxygen atoms in total. The van der Waals surface area contributed by atoms with Crippen LogP contribution in [0.4, 0.5) is 37.7 Å². The first kappa shape index (κ1) is 46.1. The Balaban J connectivity index is 1.34. The molecule has 7 rings (SSSR count). The van der Waals surface area contributed by atoms with Gasteiger partial charge in [-0.3, -0.25) is 29.8 Å². The number of ether oxygens (including phenoxy) is 2. The van der Waals surface area contributed by atoms with Gasteiger partial charge in [0.05, 0.1) is 15.3 Å². The molecular formula is C51H30F6N2O8. The Hall–Kier alpha value is -8.92. The molecule has 0 saturated carbocycles. The van der Waals surface area contributed by atoms with E-state index in [1.165, 1.54) is 121 Å². The zero-order valence-electron chi connectivity index (χ0n) is 34.2. The first-order chi connectivity index (χ1) is 32.1. The van der Waals surface area contributed by atoms with Gasteiger partial charge in [0.25, 0.3) is 11.4 Å². The van der Waals surface area contributed by atoms with Crippen LogP contribution in [0.1, 0.15) is 54.1 Å². The van der Waals surface area contributed by atoms with Gasteiger partial charge in [-0.05, 0) is 117 Å². The summed E-state index contributed by atoms with van der Waals surface area (Å²) in [5.41, 5.74) is 2.75. The molecule has 0 bridgehead atoms. The number of nitrogens with zero attached hydrogens (tertiary/aromatic N) is 2. The summed E-state index contributed by atoms with van der Waals surface area (Å²) in [6, 6.07) is 27.7. The molecule has 0 amide bonds. The lowest BCUT2D eigenvalue weighted by molar-refractivity contribution is -0.385. The summed E-state index contributed by atoms with van der Waals surface area (Å²) in [4.78, 5) is 48.6. The summed E-state index contributed by atoms with van der Waals surface area (Å²) in [6.45, 7) is 0. The average molecular weight is 913 g/mol. The molecule has 1 aliphatic rings. The van der Waals surface area contributed by atoms with Crippen molar-refractivity contribution in [3.05, 3.63) is 259 Å². The van der Waals surface area contributed by atoms with Crippen molar-refractivity contribution in [2.45, 2.75) is 5.41 Å². The molecule has 0 heterocycles. The largest absolute Gasteiger partial charge is 0.428 e. The van der Waals surface area contributed by atoms with Gasteiger partial charge >= 0.3 is 24.2 Å². The summed E-state index contributed by atoms with van der Waals surface area (Å²) in [6.07, 6.45) is 6.56. The van der Waals surface area contributed by atoms with Crippen molar-refractivity contribution in [2.24, 2.45) is 0 Å². The van der Waals surface area contributed by atoms with Crippen LogP contribution in [0.15, 0.2) is 194 Å². The number of ketones is 2. The Kier molecular flexibility index (Phi) is 13.7. The zero-order valence-corrected chi connectivity index (χ0v) is 34.2. The first-order valence-electron chi connectivity index (χ1n) is 19.7. The highest BCUT2D eigenvalue weighted by atomic mass is 19.3. The van der Waals surface area contributed by atoms with E-state index >= 15 is 0 Å². The first-order valence-corrected chi connectivity index (χ1v) is 19.7. The van der Waals surface area contributed by atoms with Gasteiger partial charge in [0.1, 0.15) is 11.5 Å². The van der Waals surface area contributed by atoms with Gasteiger partial charge in [-0.2, -0.15) is 26.3 Å². The SMILES string of the molecule is O=C(C=CC=Cc1ccc([N+](=O)[O-])cc1)c1ccc2c(c1)C(c1ccc(OC(F)=C(F)F)cc1)(c1ccc(OC(F)=C(F)F)cc1)c1cc(C(=O)C=CC=Cc3ccc([N+](=O)[O-])cc3)ccc1-2. The minimum Gasteiger partial charge on any atom is -0.428 e. The second kappa shape index (κ2) is 19.9. The van der Waals surface area contributed by atoms with Crippen LogP contribution >= 0.6 is 0 Å². The standard InChI is InChI=1S/C51H30F6N2O8/c52-47(53)49(56)66-39-23-15-35(16-24-39)51(36-17-25-40(26-18-36)67-50(57)48(54)55)43-29-33(45(60)7-3-1-5-31-9-19-37(20-10-31)58(62)63)13-27-41(43)42-28-14-34(30-44(42)51)46(61)8-4-2-6-32-11-21-38(22-12-32)59(64)65/h1-30H. The Morgan fingerprint density at radius 3 is 1.16 bits per heavy atom. The Morgan fingerprint density at radius 1 is 0.478 bits per heavy atom. The smallest absolute Gasteiger partial charge is 0.344 e. The molecule has 334 valence electrons. The maximum absolute atomic E-state index is 13.9. The van der Waals surface area contributed by atoms with E-state index in [2.05, 4.69) is 0 Å². The number of allylic oxidation sites excluding steroid dienone is 6. The predicted octanol–water partition coefficient (Wildman–Crippen LogP) is 13.6. The Bertz CT molecular complexity index is 2890. The third-order valence-corrected chi connectivity index (χ3v) is 10.5. The lowest BCUT2D eigenvalue weighted by Gasteiger charge is -2.34. The number of hydrogen-bond donors (Lipinski definition) is 0. The van der Waals surface area contributed by atoms with E-state index < -0.39 is 51.0 Å². The maximum atomic E-state index is 13.9. The van der Waals surface area contributed by atoms with Crippen molar-refractivity contribution in [2.75, 3.05) is 0 Å². The number of non-ortho nitro benzene ring substituents is 2. The van der Waals surface area contributed by atoms with Crippen LogP contribution < -0.4 is 9.47 Å². The summed E-state index contributed by atoms with van der Waals surface area (Å²) in [7, 11) is 0. The molecule has 0 atom stereocenters. The fraction of sp³-hybridized carbons (Fsp3) is 0.0196. The molecule has 0 unspecified atom stereocenters. The average Bonchev–Trinajstić information content (AvgIpc) is 3.61. The van der Waals surface area contributed by atoms with E-state index in [1.807, 2.05) is 0 Å². The molecule has 0 aromatic heterocycles. The summed E-state index contributed by atoms with van der Waals surface area (Å²) in [5, 5.41) is 22.0. The van der Waals surface area contributed by atoms with Crippen molar-refractivity contribution in [1.29, 1.82) is 0 Å². The fourth-order valence-electron chi connectivity index (χ4n) is 7.48. The van der Waals surface area contributed by atoms with Crippen molar-refractivity contribution in [1.82, 2.24) is 0 Å². The molecule has 16 heteroatoms. The van der Waals surface area contributed by atoms with Crippen molar-refractivity contribution in [3.63, 3.8) is 0 Å². The molecular weight excluding hydrogens is 883 g/mol. The molecule has 0 saturated heterocycles. The molecule has 6 aromatic rings. The highest BCUT2D eigenvalue weighted by molar-refractivity contribution is 6.07. The van der Waals surface area contributed by atoms with E-state index in [0.29, 0.717) is 44.5 Å². The normalized spacial score (nSPS) is 12.6. The number of nitro groups is 2. The third kappa shape index (κ3) is 10.1. The molecule has 0 radical (unpaired) electrons. The van der Waals surface area contributed by atoms with Crippen molar-refractivity contribution in [3.8, 4) is 22.6 Å². The van der Waals surface area contributed by atoms with E-state index in [1.54, 1.807) is 60.7 Å². The van der Waals surface area contributed by atoms with Crippen LogP contribution in [-0.4, -0.2) is 21.4 Å². The topological polar surface area (TPSA) is 139 Å². The summed E-state index contributed by atoms with van der Waals surface area (Å²) in [5.74, 6) is -1.54. The van der Waals surface area contributed by atoms with Crippen LogP contribution in [0, 0.1) is 20.2 Å². The number of benzene rings is 6. The maximum Gasteiger partial charge on any atom is 0.344 e. The van der Waals surface area contributed by atoms with E-state index in [9.17, 15) is 56.2 Å². The number of nitro benzene ring substituents is 2. The van der Waals surface area contributed by atoms with Gasteiger partial charge in [-0.25, -0.2) is 0 Å². The number of hydrogen-bond acceptors (Lipinski definition) is 8. The molecule has 0 aliphatic heterocycles. The number of rotatable bonds is 16. The fourth-order valence-corrected chi connectivity index (χ4v) is 7.48. The highest BCUT2D eigenvalue weighted by Crippen LogP contribution is 2.57. The Labute approximate surface area is 376 Å². The van der Waals surface area contributed by atoms with Gasteiger partial charge in [0.15, 0.2) is 11.6 Å². The van der Waals surface area contributed by atoms with Gasteiger partial charge < -0.3 is 9.47 Å². The van der Waals surface area contributed by atoms with Gasteiger partial charge in [0, 0.05) is 35.4 Å². The van der Waals surface area contributed by atoms with E-state index in [0.717, 1.165) is 0 Å². The van der Waals surface area contributed by atoms with Crippen LogP contribution in [-0.2, 0) is 5.41 Å². The van der Waals surface area contributed by atoms with Crippen LogP contribution in [0.3, 0.4) is 0 Å². The summed E-state index contributed by atoms with van der Waals surface area (Å²) < 4.78 is 89.4. The quantitative estimate of drug-likeness (QED) is 0.0178. The van der Waals surface area contributed by atoms with Gasteiger partial charge in [0.2, 0.25) is 0 Å². The minimum atomic E-state index is -2.69. The minimum absolute atomic E-state index is 0.0893. The second-order valence-electron chi connectivity index (χ2n) is 14.5. The lowest BCUT2D eigenvalue weighted by Crippen LogP contribution is -2.29. The lowest BCUT2D eigenvalue weighted by atomic mass is 9.67. The number of carbonyl (C=O) groups excluding carboxylic acids is 2. The van der Waals surface area contributed by atoms with Crippen LogP contribution in [0.5, 0.6) is 11.5 Å². The molecule has 0 fully saturated rings. The third-order valence-electron chi connectivity index (χ3n) is 10.5. The number of halogens is 6.